The van der Waals surface area contributed by atoms with Gasteiger partial charge in [0.1, 0.15) is 0 Å². The fraction of sp³-hybridized carbons (Fsp3) is 0.438. The van der Waals surface area contributed by atoms with Crippen molar-refractivity contribution in [2.75, 3.05) is 6.54 Å². The van der Waals surface area contributed by atoms with Gasteiger partial charge in [-0.05, 0) is 30.4 Å². The van der Waals surface area contributed by atoms with Crippen LogP contribution >= 0.6 is 0 Å². The molecule has 1 aliphatic rings. The first-order valence-corrected chi connectivity index (χ1v) is 6.98. The van der Waals surface area contributed by atoms with Gasteiger partial charge in [0.25, 0.3) is 0 Å². The monoisotopic (exact) mass is 256 g/mol. The van der Waals surface area contributed by atoms with E-state index < -0.39 is 0 Å². The van der Waals surface area contributed by atoms with Gasteiger partial charge in [-0.3, -0.25) is 4.79 Å². The Morgan fingerprint density at radius 3 is 2.79 bits per heavy atom. The van der Waals surface area contributed by atoms with Crippen LogP contribution in [0.5, 0.6) is 0 Å². The number of benzene rings is 1. The van der Waals surface area contributed by atoms with E-state index in [0.717, 1.165) is 30.5 Å². The second-order valence-electron chi connectivity index (χ2n) is 5.93. The minimum absolute atomic E-state index is 0.186. The Labute approximate surface area is 113 Å². The molecule has 1 saturated carbocycles. The molecule has 1 amide bonds. The number of carbonyl (C=O) groups is 1. The van der Waals surface area contributed by atoms with Crippen LogP contribution < -0.4 is 5.32 Å². The summed E-state index contributed by atoms with van der Waals surface area (Å²) in [6, 6.07) is 8.20. The smallest absolute Gasteiger partial charge is 0.230 e. The number of aromatic nitrogens is 1. The van der Waals surface area contributed by atoms with Crippen LogP contribution in [0.25, 0.3) is 10.9 Å². The number of hydrogen-bond donors (Lipinski definition) is 2. The van der Waals surface area contributed by atoms with E-state index in [1.165, 1.54) is 5.39 Å². The van der Waals surface area contributed by atoms with Crippen LogP contribution in [0, 0.1) is 5.92 Å². The lowest BCUT2D eigenvalue weighted by atomic mass is 9.94. The summed E-state index contributed by atoms with van der Waals surface area (Å²) in [6.45, 7) is 4.99. The molecule has 1 aliphatic carbocycles. The number of hydrogen-bond acceptors (Lipinski definition) is 1. The van der Waals surface area contributed by atoms with E-state index in [2.05, 4.69) is 36.3 Å². The molecule has 0 saturated heterocycles. The summed E-state index contributed by atoms with van der Waals surface area (Å²) in [5.74, 6) is 0.675. The van der Waals surface area contributed by atoms with Crippen molar-refractivity contribution < 1.29 is 4.79 Å². The third kappa shape index (κ3) is 2.03. The highest BCUT2D eigenvalue weighted by molar-refractivity contribution is 5.97. The summed E-state index contributed by atoms with van der Waals surface area (Å²) in [7, 11) is 0. The van der Waals surface area contributed by atoms with Crippen molar-refractivity contribution in [2.45, 2.75) is 32.1 Å². The van der Waals surface area contributed by atoms with Gasteiger partial charge in [0.2, 0.25) is 5.91 Å². The molecule has 0 bridgehead atoms. The Morgan fingerprint density at radius 1 is 1.37 bits per heavy atom. The summed E-state index contributed by atoms with van der Waals surface area (Å²) in [5.41, 5.74) is 1.99. The van der Waals surface area contributed by atoms with Crippen molar-refractivity contribution >= 4 is 16.8 Å². The SMILES string of the molecule is CC(C)CNC(=O)C1(c2c[nH]c3ccccc23)CC1. The molecule has 1 heterocycles. The quantitative estimate of drug-likeness (QED) is 0.868. The number of rotatable bonds is 4. The minimum atomic E-state index is -0.283. The highest BCUT2D eigenvalue weighted by atomic mass is 16.2. The van der Waals surface area contributed by atoms with Gasteiger partial charge in [-0.25, -0.2) is 0 Å². The van der Waals surface area contributed by atoms with E-state index in [1.807, 2.05) is 18.3 Å². The molecule has 0 spiro atoms. The van der Waals surface area contributed by atoms with Crippen LogP contribution in [-0.2, 0) is 10.2 Å². The van der Waals surface area contributed by atoms with Gasteiger partial charge in [-0.2, -0.15) is 0 Å². The van der Waals surface area contributed by atoms with E-state index in [9.17, 15) is 4.79 Å². The predicted octanol–water partition coefficient (Wildman–Crippen LogP) is 2.97. The zero-order chi connectivity index (χ0) is 13.5. The maximum Gasteiger partial charge on any atom is 0.230 e. The van der Waals surface area contributed by atoms with Gasteiger partial charge in [0, 0.05) is 23.6 Å². The predicted molar refractivity (Wildman–Crippen MR) is 77.1 cm³/mol. The van der Waals surface area contributed by atoms with Crippen molar-refractivity contribution in [1.29, 1.82) is 0 Å². The van der Waals surface area contributed by atoms with E-state index >= 15 is 0 Å². The van der Waals surface area contributed by atoms with Crippen molar-refractivity contribution in [3.05, 3.63) is 36.0 Å². The average molecular weight is 256 g/mol. The van der Waals surface area contributed by atoms with Gasteiger partial charge in [0.15, 0.2) is 0 Å². The fourth-order valence-corrected chi connectivity index (χ4v) is 2.68. The van der Waals surface area contributed by atoms with Crippen LogP contribution in [-0.4, -0.2) is 17.4 Å². The Morgan fingerprint density at radius 2 is 2.11 bits per heavy atom. The molecule has 0 atom stereocenters. The third-order valence-corrected chi connectivity index (χ3v) is 3.96. The number of H-pyrrole nitrogens is 1. The van der Waals surface area contributed by atoms with Crippen LogP contribution in [0.2, 0.25) is 0 Å². The molecular weight excluding hydrogens is 236 g/mol. The van der Waals surface area contributed by atoms with Crippen molar-refractivity contribution in [2.24, 2.45) is 5.92 Å². The maximum absolute atomic E-state index is 12.4. The summed E-state index contributed by atoms with van der Waals surface area (Å²) in [6.07, 6.45) is 3.92. The first-order valence-electron chi connectivity index (χ1n) is 6.98. The number of carbonyl (C=O) groups excluding carboxylic acids is 1. The van der Waals surface area contributed by atoms with Gasteiger partial charge < -0.3 is 10.3 Å². The number of para-hydroxylation sites is 1. The largest absolute Gasteiger partial charge is 0.361 e. The van der Waals surface area contributed by atoms with E-state index in [1.54, 1.807) is 0 Å². The molecule has 3 nitrogen and oxygen atoms in total. The average Bonchev–Trinajstić information content (AvgIpc) is 3.09. The third-order valence-electron chi connectivity index (χ3n) is 3.96. The van der Waals surface area contributed by atoms with Crippen molar-refractivity contribution in [3.8, 4) is 0 Å². The van der Waals surface area contributed by atoms with Gasteiger partial charge in [-0.15, -0.1) is 0 Å². The van der Waals surface area contributed by atoms with Gasteiger partial charge in [-0.1, -0.05) is 32.0 Å². The second-order valence-corrected chi connectivity index (χ2v) is 5.93. The van der Waals surface area contributed by atoms with Crippen molar-refractivity contribution in [3.63, 3.8) is 0 Å². The molecule has 0 aliphatic heterocycles. The maximum atomic E-state index is 12.4. The van der Waals surface area contributed by atoms with E-state index in [-0.39, 0.29) is 11.3 Å². The molecule has 3 heteroatoms. The van der Waals surface area contributed by atoms with Gasteiger partial charge in [0.05, 0.1) is 5.41 Å². The van der Waals surface area contributed by atoms with Crippen LogP contribution in [0.1, 0.15) is 32.3 Å². The van der Waals surface area contributed by atoms with E-state index in [0.29, 0.717) is 5.92 Å². The molecule has 1 fully saturated rings. The summed E-state index contributed by atoms with van der Waals surface area (Å²) in [4.78, 5) is 15.7. The molecule has 2 N–H and O–H groups in total. The number of amides is 1. The highest BCUT2D eigenvalue weighted by Crippen LogP contribution is 2.50. The van der Waals surface area contributed by atoms with Crippen LogP contribution in [0.3, 0.4) is 0 Å². The Bertz CT molecular complexity index is 608. The number of fused-ring (bicyclic) bond motifs is 1. The second kappa shape index (κ2) is 4.41. The highest BCUT2D eigenvalue weighted by Gasteiger charge is 2.52. The van der Waals surface area contributed by atoms with Gasteiger partial charge >= 0.3 is 0 Å². The molecule has 1 aromatic carbocycles. The summed E-state index contributed by atoms with van der Waals surface area (Å²) >= 11 is 0. The molecular formula is C16H20N2O. The number of aromatic amines is 1. The zero-order valence-electron chi connectivity index (χ0n) is 11.5. The molecule has 3 rings (SSSR count). The normalized spacial score (nSPS) is 16.8. The van der Waals surface area contributed by atoms with Crippen LogP contribution in [0.15, 0.2) is 30.5 Å². The molecule has 1 aromatic heterocycles. The number of nitrogens with one attached hydrogen (secondary N) is 2. The Kier molecular flexibility index (Phi) is 2.85. The summed E-state index contributed by atoms with van der Waals surface area (Å²) in [5, 5.41) is 4.27. The fourth-order valence-electron chi connectivity index (χ4n) is 2.68. The standard InChI is InChI=1S/C16H20N2O/c1-11(2)9-18-15(19)16(7-8-16)13-10-17-14-6-4-3-5-12(13)14/h3-6,10-11,17H,7-9H2,1-2H3,(H,18,19). The topological polar surface area (TPSA) is 44.9 Å². The minimum Gasteiger partial charge on any atom is -0.361 e. The van der Waals surface area contributed by atoms with Crippen molar-refractivity contribution in [1.82, 2.24) is 10.3 Å². The Hall–Kier alpha value is -1.77. The zero-order valence-corrected chi connectivity index (χ0v) is 11.5. The summed E-state index contributed by atoms with van der Waals surface area (Å²) < 4.78 is 0. The lowest BCUT2D eigenvalue weighted by Crippen LogP contribution is -2.36. The molecule has 0 radical (unpaired) electrons. The molecule has 19 heavy (non-hydrogen) atoms. The molecule has 0 unspecified atom stereocenters. The Balaban J connectivity index is 1.90. The van der Waals surface area contributed by atoms with Crippen LogP contribution in [0.4, 0.5) is 0 Å². The first-order chi connectivity index (χ1) is 9.13. The lowest BCUT2D eigenvalue weighted by Gasteiger charge is -2.16. The lowest BCUT2D eigenvalue weighted by molar-refractivity contribution is -0.123. The molecule has 2 aromatic rings. The van der Waals surface area contributed by atoms with E-state index in [4.69, 9.17) is 0 Å². The molecule has 100 valence electrons. The first kappa shape index (κ1) is 12.3.